The van der Waals surface area contributed by atoms with Crippen LogP contribution in [-0.2, 0) is 16.6 Å². The van der Waals surface area contributed by atoms with Crippen LogP contribution in [-0.4, -0.2) is 46.7 Å². The maximum absolute atomic E-state index is 13.8. The molecule has 186 valence electrons. The summed E-state index contributed by atoms with van der Waals surface area (Å²) in [6, 6.07) is 18.1. The van der Waals surface area contributed by atoms with Gasteiger partial charge in [0.2, 0.25) is 0 Å². The van der Waals surface area contributed by atoms with Gasteiger partial charge in [-0.05, 0) is 79.9 Å². The number of ether oxygens (including phenoxy) is 2. The Kier molecular flexibility index (Phi) is 7.62. The molecule has 1 aliphatic rings. The number of hydrogen-bond donors (Lipinski definition) is 0. The van der Waals surface area contributed by atoms with Crippen LogP contribution < -0.4 is 13.8 Å². The van der Waals surface area contributed by atoms with Crippen molar-refractivity contribution in [3.63, 3.8) is 0 Å². The molecule has 0 amide bonds. The minimum Gasteiger partial charge on any atom is -0.497 e. The molecule has 0 bridgehead atoms. The maximum atomic E-state index is 13.8. The molecule has 0 radical (unpaired) electrons. The summed E-state index contributed by atoms with van der Waals surface area (Å²) in [6.07, 6.45) is 1.30. The highest BCUT2D eigenvalue weighted by atomic mass is 32.2. The summed E-state index contributed by atoms with van der Waals surface area (Å²) in [5.41, 5.74) is 2.36. The van der Waals surface area contributed by atoms with Crippen LogP contribution in [0.1, 0.15) is 24.0 Å². The van der Waals surface area contributed by atoms with Gasteiger partial charge in [0.1, 0.15) is 17.3 Å². The smallest absolute Gasteiger partial charge is 0.264 e. The second-order valence-corrected chi connectivity index (χ2v) is 10.6. The first-order valence-corrected chi connectivity index (χ1v) is 13.1. The van der Waals surface area contributed by atoms with Crippen LogP contribution in [0, 0.1) is 12.7 Å². The summed E-state index contributed by atoms with van der Waals surface area (Å²) in [7, 11) is -0.548. The molecule has 6 nitrogen and oxygen atoms in total. The number of hydrogen-bond acceptors (Lipinski definition) is 5. The SMILES string of the molecule is COc1ccc(OC)c(CN2CCC(N(c3ccc(F)cc3)S(=O)(=O)c3cccc(C)c3)CC2)c1. The van der Waals surface area contributed by atoms with Gasteiger partial charge < -0.3 is 9.47 Å². The summed E-state index contributed by atoms with van der Waals surface area (Å²) in [5, 5.41) is 0. The van der Waals surface area contributed by atoms with Crippen molar-refractivity contribution >= 4 is 15.7 Å². The van der Waals surface area contributed by atoms with Gasteiger partial charge in [-0.15, -0.1) is 0 Å². The molecular formula is C27H31FN2O4S. The van der Waals surface area contributed by atoms with Crippen LogP contribution in [0.25, 0.3) is 0 Å². The van der Waals surface area contributed by atoms with E-state index in [1.807, 2.05) is 31.2 Å². The zero-order chi connectivity index (χ0) is 25.0. The summed E-state index contributed by atoms with van der Waals surface area (Å²) in [5.74, 6) is 1.16. The molecule has 1 saturated heterocycles. The Labute approximate surface area is 206 Å². The van der Waals surface area contributed by atoms with Gasteiger partial charge in [0.25, 0.3) is 10.0 Å². The molecule has 0 aromatic heterocycles. The lowest BCUT2D eigenvalue weighted by molar-refractivity contribution is 0.204. The summed E-state index contributed by atoms with van der Waals surface area (Å²) in [4.78, 5) is 2.53. The second-order valence-electron chi connectivity index (χ2n) is 8.78. The van der Waals surface area contributed by atoms with Gasteiger partial charge in [0, 0.05) is 31.2 Å². The van der Waals surface area contributed by atoms with Crippen molar-refractivity contribution in [2.24, 2.45) is 0 Å². The first-order chi connectivity index (χ1) is 16.8. The molecule has 0 aliphatic carbocycles. The summed E-state index contributed by atoms with van der Waals surface area (Å²) >= 11 is 0. The Morgan fingerprint density at radius 3 is 2.31 bits per heavy atom. The normalized spacial score (nSPS) is 15.1. The minimum atomic E-state index is -3.83. The van der Waals surface area contributed by atoms with E-state index in [1.165, 1.54) is 28.6 Å². The Morgan fingerprint density at radius 1 is 0.971 bits per heavy atom. The van der Waals surface area contributed by atoms with Gasteiger partial charge >= 0.3 is 0 Å². The van der Waals surface area contributed by atoms with E-state index in [0.717, 1.165) is 22.6 Å². The Bertz CT molecular complexity index is 1260. The van der Waals surface area contributed by atoms with Crippen LogP contribution in [0.15, 0.2) is 71.6 Å². The van der Waals surface area contributed by atoms with Gasteiger partial charge in [0.05, 0.1) is 24.8 Å². The van der Waals surface area contributed by atoms with Crippen LogP contribution >= 0.6 is 0 Å². The number of likely N-dealkylation sites (tertiary alicyclic amines) is 1. The van der Waals surface area contributed by atoms with Gasteiger partial charge in [-0.25, -0.2) is 12.8 Å². The fourth-order valence-corrected chi connectivity index (χ4v) is 6.40. The number of piperidine rings is 1. The molecule has 0 spiro atoms. The quantitative estimate of drug-likeness (QED) is 0.437. The fourth-order valence-electron chi connectivity index (χ4n) is 4.58. The number of sulfonamides is 1. The molecule has 0 atom stereocenters. The molecule has 35 heavy (non-hydrogen) atoms. The molecule has 3 aromatic rings. The van der Waals surface area contributed by atoms with Gasteiger partial charge in [-0.3, -0.25) is 9.21 Å². The number of anilines is 1. The fraction of sp³-hybridized carbons (Fsp3) is 0.333. The van der Waals surface area contributed by atoms with E-state index in [-0.39, 0.29) is 10.9 Å². The minimum absolute atomic E-state index is 0.241. The third-order valence-electron chi connectivity index (χ3n) is 6.40. The van der Waals surface area contributed by atoms with E-state index in [9.17, 15) is 12.8 Å². The van der Waals surface area contributed by atoms with Crippen molar-refractivity contribution in [2.75, 3.05) is 31.6 Å². The number of rotatable bonds is 8. The highest BCUT2D eigenvalue weighted by Crippen LogP contribution is 2.32. The third kappa shape index (κ3) is 5.60. The summed E-state index contributed by atoms with van der Waals surface area (Å²) in [6.45, 7) is 3.97. The maximum Gasteiger partial charge on any atom is 0.264 e. The highest BCUT2D eigenvalue weighted by Gasteiger charge is 2.34. The first kappa shape index (κ1) is 25.0. The second kappa shape index (κ2) is 10.7. The largest absolute Gasteiger partial charge is 0.497 e. The molecule has 1 fully saturated rings. The van der Waals surface area contributed by atoms with E-state index >= 15 is 0 Å². The van der Waals surface area contributed by atoms with Crippen molar-refractivity contribution in [1.82, 2.24) is 4.90 Å². The highest BCUT2D eigenvalue weighted by molar-refractivity contribution is 7.92. The number of aryl methyl sites for hydroxylation is 1. The molecule has 0 unspecified atom stereocenters. The Hall–Kier alpha value is -3.10. The van der Waals surface area contributed by atoms with Crippen LogP contribution in [0.4, 0.5) is 10.1 Å². The molecule has 3 aromatic carbocycles. The summed E-state index contributed by atoms with van der Waals surface area (Å²) < 4.78 is 53.6. The van der Waals surface area contributed by atoms with Crippen LogP contribution in [0.5, 0.6) is 11.5 Å². The van der Waals surface area contributed by atoms with Crippen LogP contribution in [0.2, 0.25) is 0 Å². The zero-order valence-electron chi connectivity index (χ0n) is 20.3. The van der Waals surface area contributed by atoms with Crippen molar-refractivity contribution < 1.29 is 22.3 Å². The molecule has 0 saturated carbocycles. The van der Waals surface area contributed by atoms with Crippen molar-refractivity contribution in [3.05, 3.63) is 83.7 Å². The predicted octanol–water partition coefficient (Wildman–Crippen LogP) is 5.01. The van der Waals surface area contributed by atoms with E-state index in [1.54, 1.807) is 32.4 Å². The van der Waals surface area contributed by atoms with Crippen molar-refractivity contribution in [1.29, 1.82) is 0 Å². The lowest BCUT2D eigenvalue weighted by Gasteiger charge is -2.39. The first-order valence-electron chi connectivity index (χ1n) is 11.6. The average Bonchev–Trinajstić information content (AvgIpc) is 2.86. The third-order valence-corrected chi connectivity index (χ3v) is 8.27. The topological polar surface area (TPSA) is 59.1 Å². The van der Waals surface area contributed by atoms with Gasteiger partial charge in [-0.2, -0.15) is 0 Å². The Balaban J connectivity index is 1.57. The molecule has 0 N–H and O–H groups in total. The number of nitrogens with zero attached hydrogens (tertiary/aromatic N) is 2. The van der Waals surface area contributed by atoms with Crippen molar-refractivity contribution in [2.45, 2.75) is 37.2 Å². The molecular weight excluding hydrogens is 467 g/mol. The van der Waals surface area contributed by atoms with E-state index in [2.05, 4.69) is 4.90 Å². The van der Waals surface area contributed by atoms with E-state index < -0.39 is 15.8 Å². The molecule has 1 aliphatic heterocycles. The monoisotopic (exact) mass is 498 g/mol. The zero-order valence-corrected chi connectivity index (χ0v) is 21.1. The van der Waals surface area contributed by atoms with E-state index in [4.69, 9.17) is 9.47 Å². The number of benzene rings is 3. The van der Waals surface area contributed by atoms with Gasteiger partial charge in [0.15, 0.2) is 0 Å². The standard InChI is InChI=1S/C27H31FN2O4S/c1-20-5-4-6-26(17-20)35(31,32)30(23-9-7-22(28)8-10-23)24-13-15-29(16-14-24)19-21-18-25(33-2)11-12-27(21)34-3/h4-12,17-18,24H,13-16,19H2,1-3H3. The number of halogens is 1. The molecule has 8 heteroatoms. The molecule has 1 heterocycles. The Morgan fingerprint density at radius 2 is 1.69 bits per heavy atom. The van der Waals surface area contributed by atoms with E-state index in [0.29, 0.717) is 38.2 Å². The van der Waals surface area contributed by atoms with Gasteiger partial charge in [-0.1, -0.05) is 12.1 Å². The predicted molar refractivity (Wildman–Crippen MR) is 135 cm³/mol. The lowest BCUT2D eigenvalue weighted by Crippen LogP contribution is -2.47. The lowest BCUT2D eigenvalue weighted by atomic mass is 10.0. The number of methoxy groups -OCH3 is 2. The average molecular weight is 499 g/mol. The van der Waals surface area contributed by atoms with Crippen molar-refractivity contribution in [3.8, 4) is 11.5 Å². The van der Waals surface area contributed by atoms with Crippen LogP contribution in [0.3, 0.4) is 0 Å². The molecule has 4 rings (SSSR count).